The summed E-state index contributed by atoms with van der Waals surface area (Å²) in [5.74, 6) is -12.9. The molecule has 33 heteroatoms. The zero-order valence-electron chi connectivity index (χ0n) is 48.1. The Morgan fingerprint density at radius 3 is 2.07 bits per heavy atom. The van der Waals surface area contributed by atoms with Crippen LogP contribution in [0.15, 0.2) is 77.3 Å². The number of aliphatic hydroxyl groups excluding tert-OH is 8. The normalized spacial score (nSPS) is 26.4. The van der Waals surface area contributed by atoms with Gasteiger partial charge in [0.05, 0.1) is 37.4 Å². The number of ether oxygens (including phenoxy) is 1. The lowest BCUT2D eigenvalue weighted by molar-refractivity contribution is -0.149. The zero-order valence-corrected chi connectivity index (χ0v) is 48.9. The Balaban J connectivity index is 1.22. The van der Waals surface area contributed by atoms with Crippen LogP contribution in [0.4, 0.5) is 0 Å². The number of rotatable bonds is 18. The van der Waals surface area contributed by atoms with Crippen molar-refractivity contribution in [3.63, 3.8) is 0 Å². The number of aromatic hydroxyl groups is 1. The molecule has 3 aromatic carbocycles. The number of carbonyl (C=O) groups excluding carboxylic acids is 8. The van der Waals surface area contributed by atoms with Crippen molar-refractivity contribution in [2.24, 2.45) is 11.7 Å². The minimum atomic E-state index is -5.35. The predicted molar refractivity (Wildman–Crippen MR) is 304 cm³/mol. The molecule has 1 unspecified atom stereocenters. The second kappa shape index (κ2) is 29.3. The molecule has 4 heterocycles. The van der Waals surface area contributed by atoms with Gasteiger partial charge in [-0.3, -0.25) is 42.9 Å². The lowest BCUT2D eigenvalue weighted by atomic mass is 9.96. The smallest absolute Gasteiger partial charge is 0.446 e. The van der Waals surface area contributed by atoms with Crippen molar-refractivity contribution in [3.05, 3.63) is 83.9 Å². The topological polar surface area (TPSA) is 510 Å². The SMILES string of the molecule is CCCCCOc1ccc(-c2cc(-c3ccc(C(=O)N[C@H]4C[C@H](O)[C@H](O)NC(=O)[C@H]5[C@H](O)[C@H](C)CN5C(=O)[C@@H]([C@@H](O)CC(N)=O)NC(=O)C([C@@H](O)[C@H](O)c5ccc(O)c(OS(=O)(=O)O)c5)NC(=O)[C@H]5C[C@H](O)CN5C(=O)[C@@H]([C@H](C)O)NC4=O)cc3)no2)cc1. The molecule has 0 spiro atoms. The van der Waals surface area contributed by atoms with Gasteiger partial charge in [-0.05, 0) is 67.4 Å². The first kappa shape index (κ1) is 68.1. The van der Waals surface area contributed by atoms with Gasteiger partial charge >= 0.3 is 10.4 Å². The lowest BCUT2D eigenvalue weighted by Gasteiger charge is -2.34. The Labute approximate surface area is 507 Å². The first-order valence-corrected chi connectivity index (χ1v) is 29.5. The summed E-state index contributed by atoms with van der Waals surface area (Å²) in [4.78, 5) is 115. The van der Waals surface area contributed by atoms with E-state index in [1.807, 2.05) is 10.6 Å². The van der Waals surface area contributed by atoms with Crippen molar-refractivity contribution in [2.75, 3.05) is 19.7 Å². The highest BCUT2D eigenvalue weighted by Crippen LogP contribution is 2.34. The number of aromatic nitrogens is 1. The Bertz CT molecular complexity index is 3340. The maximum Gasteiger partial charge on any atom is 0.446 e. The summed E-state index contributed by atoms with van der Waals surface area (Å²) in [6.07, 6.45) is -17.3. The van der Waals surface area contributed by atoms with Gasteiger partial charge in [0, 0.05) is 54.6 Å². The van der Waals surface area contributed by atoms with Crippen LogP contribution in [0, 0.1) is 5.92 Å². The molecule has 8 amide bonds. The Hall–Kier alpha value is -8.38. The van der Waals surface area contributed by atoms with Gasteiger partial charge in [0.25, 0.3) is 5.91 Å². The minimum absolute atomic E-state index is 0.107. The average Bonchev–Trinajstić information content (AvgIpc) is 2.76. The van der Waals surface area contributed by atoms with Gasteiger partial charge in [-0.15, -0.1) is 0 Å². The van der Waals surface area contributed by atoms with Crippen LogP contribution >= 0.6 is 0 Å². The number of nitrogens with zero attached hydrogens (tertiary/aromatic N) is 3. The summed E-state index contributed by atoms with van der Waals surface area (Å²) < 4.78 is 48.1. The first-order valence-electron chi connectivity index (χ1n) is 28.1. The molecule has 4 aromatic rings. The highest BCUT2D eigenvalue weighted by Gasteiger charge is 2.51. The second-order valence-electron chi connectivity index (χ2n) is 21.9. The van der Waals surface area contributed by atoms with Crippen molar-refractivity contribution >= 4 is 57.7 Å². The van der Waals surface area contributed by atoms with Gasteiger partial charge in [0.2, 0.25) is 41.4 Å². The molecule has 3 aliphatic rings. The Morgan fingerprint density at radius 1 is 0.787 bits per heavy atom. The summed E-state index contributed by atoms with van der Waals surface area (Å²) in [5.41, 5.74) is 6.17. The molecule has 3 aliphatic heterocycles. The molecule has 0 aliphatic carbocycles. The molecule has 3 saturated heterocycles. The van der Waals surface area contributed by atoms with Gasteiger partial charge in [0.15, 0.2) is 23.5 Å². The molecular formula is C56H71N9O23S. The number of amides is 8. The number of hydrogen-bond acceptors (Lipinski definition) is 23. The van der Waals surface area contributed by atoms with Crippen LogP contribution in [0.1, 0.15) is 81.3 Å². The monoisotopic (exact) mass is 1270 g/mol. The summed E-state index contributed by atoms with van der Waals surface area (Å²) in [7, 11) is -5.35. The molecule has 17 N–H and O–H groups in total. The van der Waals surface area contributed by atoms with Crippen molar-refractivity contribution in [2.45, 2.75) is 145 Å². The van der Waals surface area contributed by atoms with Crippen LogP contribution in [-0.4, -0.2) is 220 Å². The van der Waals surface area contributed by atoms with Gasteiger partial charge in [-0.2, -0.15) is 8.42 Å². The number of aliphatic hydroxyl groups is 8. The third-order valence-electron chi connectivity index (χ3n) is 15.2. The van der Waals surface area contributed by atoms with Gasteiger partial charge in [-0.25, -0.2) is 0 Å². The molecule has 0 bridgehead atoms. The number of benzene rings is 3. The van der Waals surface area contributed by atoms with E-state index in [1.165, 1.54) is 31.2 Å². The van der Waals surface area contributed by atoms with Gasteiger partial charge in [0.1, 0.15) is 66.0 Å². The fourth-order valence-corrected chi connectivity index (χ4v) is 10.7. The van der Waals surface area contributed by atoms with E-state index >= 15 is 0 Å². The largest absolute Gasteiger partial charge is 0.504 e. The van der Waals surface area contributed by atoms with E-state index in [4.69, 9.17) is 15.0 Å². The van der Waals surface area contributed by atoms with Crippen molar-refractivity contribution in [1.82, 2.24) is 41.5 Å². The van der Waals surface area contributed by atoms with Crippen LogP contribution in [0.3, 0.4) is 0 Å². The summed E-state index contributed by atoms with van der Waals surface area (Å²) in [6.45, 7) is 3.74. The number of primary amides is 1. The van der Waals surface area contributed by atoms with E-state index in [0.29, 0.717) is 56.9 Å². The van der Waals surface area contributed by atoms with Crippen LogP contribution in [0.5, 0.6) is 17.2 Å². The average molecular weight is 1270 g/mol. The third-order valence-corrected chi connectivity index (χ3v) is 15.6. The highest BCUT2D eigenvalue weighted by atomic mass is 32.3. The molecule has 0 radical (unpaired) electrons. The number of hydrogen-bond donors (Lipinski definition) is 16. The third kappa shape index (κ3) is 16.9. The van der Waals surface area contributed by atoms with Crippen LogP contribution in [0.2, 0.25) is 0 Å². The molecule has 15 atom stereocenters. The van der Waals surface area contributed by atoms with Crippen LogP contribution < -0.4 is 41.2 Å². The summed E-state index contributed by atoms with van der Waals surface area (Å²) in [5, 5.41) is 116. The number of carbonyl (C=O) groups is 8. The maximum atomic E-state index is 14.7. The quantitative estimate of drug-likeness (QED) is 0.0334. The highest BCUT2D eigenvalue weighted by molar-refractivity contribution is 7.81. The summed E-state index contributed by atoms with van der Waals surface area (Å²) >= 11 is 0. The number of nitrogens with one attached hydrogen (secondary N) is 5. The van der Waals surface area contributed by atoms with Crippen molar-refractivity contribution < 1.29 is 111 Å². The minimum Gasteiger partial charge on any atom is -0.504 e. The standard InChI is InChI=1S/C56H71N9O23S/c1-4-5-6-17-86-32-14-11-28(12-15-32)39-21-33(63-87-39)27-7-9-29(10-8-27)49(75)58-34-20-38(70)52(78)62-54(80)45-46(72)25(2)23-65(45)56(82)43(37(69)22-41(57)71)60-53(79)44(48(74)47(73)30-13-16-36(68)40(18-30)88-89(83,84)85)61-51(77)35-19-31(67)24-64(35)55(81)42(26(3)66)59-50(34)76/h7-16,18,21,25-26,31,34-35,37-38,42-48,52,66-70,72-74,78H,4-6,17,19-20,22-24H2,1-3H3,(H2,57,71)(H,58,75)(H,59,76)(H,60,79)(H,61,77)(H,62,80)(H,83,84,85)/t25-,26+,31+,34+,35-,37+,38+,42-,43-,44?,45-,46-,47-,48-,52+/m1/s1. The number of unbranched alkanes of at least 4 members (excludes halogenated alkanes) is 2. The maximum absolute atomic E-state index is 14.7. The summed E-state index contributed by atoms with van der Waals surface area (Å²) in [6, 6.07) is 3.52. The van der Waals surface area contributed by atoms with Crippen molar-refractivity contribution in [3.8, 4) is 39.8 Å². The van der Waals surface area contributed by atoms with E-state index in [1.54, 1.807) is 30.3 Å². The molecular weight excluding hydrogens is 1200 g/mol. The molecule has 484 valence electrons. The van der Waals surface area contributed by atoms with E-state index in [2.05, 4.69) is 32.2 Å². The molecule has 0 saturated carbocycles. The first-order chi connectivity index (χ1) is 42.0. The molecule has 32 nitrogen and oxygen atoms in total. The Kier molecular flexibility index (Phi) is 22.4. The second-order valence-corrected chi connectivity index (χ2v) is 22.9. The van der Waals surface area contributed by atoms with E-state index in [0.717, 1.165) is 32.3 Å². The fraction of sp³-hybridized carbons (Fsp3) is 0.482. The van der Waals surface area contributed by atoms with E-state index < -0.39 is 198 Å². The predicted octanol–water partition coefficient (Wildman–Crippen LogP) is -3.90. The zero-order chi connectivity index (χ0) is 65.3. The molecule has 3 fully saturated rings. The van der Waals surface area contributed by atoms with E-state index in [9.17, 15) is 97.3 Å². The number of phenolic OH excluding ortho intramolecular Hbond substituents is 1. The molecule has 89 heavy (non-hydrogen) atoms. The fourth-order valence-electron chi connectivity index (χ4n) is 10.3. The van der Waals surface area contributed by atoms with Gasteiger partial charge in [-0.1, -0.05) is 50.0 Å². The molecule has 1 aromatic heterocycles. The van der Waals surface area contributed by atoms with Crippen LogP contribution in [0.25, 0.3) is 22.6 Å². The number of phenols is 1. The number of nitrogens with two attached hydrogens (primary N) is 1. The lowest BCUT2D eigenvalue weighted by Crippen LogP contribution is -2.64. The van der Waals surface area contributed by atoms with Crippen molar-refractivity contribution in [1.29, 1.82) is 0 Å². The van der Waals surface area contributed by atoms with Crippen LogP contribution in [-0.2, 0) is 44.0 Å². The number of fused-ring (bicyclic) bond motifs is 2. The van der Waals surface area contributed by atoms with E-state index in [-0.39, 0.29) is 5.56 Å². The Morgan fingerprint density at radius 2 is 1.43 bits per heavy atom. The molecule has 7 rings (SSSR count). The van der Waals surface area contributed by atoms with Gasteiger partial charge < -0.3 is 102 Å².